The molecule has 0 spiro atoms. The summed E-state index contributed by atoms with van der Waals surface area (Å²) in [6.07, 6.45) is 0. The summed E-state index contributed by atoms with van der Waals surface area (Å²) in [6.45, 7) is -0.377. The van der Waals surface area contributed by atoms with Gasteiger partial charge in [0.05, 0.1) is 18.2 Å². The van der Waals surface area contributed by atoms with E-state index < -0.39 is 17.6 Å². The van der Waals surface area contributed by atoms with E-state index in [1.165, 1.54) is 31.4 Å². The van der Waals surface area contributed by atoms with Gasteiger partial charge in [0, 0.05) is 0 Å². The Balaban J connectivity index is 2.26. The van der Waals surface area contributed by atoms with E-state index in [4.69, 9.17) is 14.6 Å². The van der Waals surface area contributed by atoms with Crippen LogP contribution in [0.3, 0.4) is 0 Å². The molecular formula is C15H12F2O4. The van der Waals surface area contributed by atoms with Crippen molar-refractivity contribution in [1.29, 1.82) is 0 Å². The van der Waals surface area contributed by atoms with Crippen molar-refractivity contribution in [1.82, 2.24) is 0 Å². The molecule has 0 aliphatic carbocycles. The topological polar surface area (TPSA) is 55.8 Å². The molecule has 0 amide bonds. The Morgan fingerprint density at radius 2 is 1.81 bits per heavy atom. The Morgan fingerprint density at radius 1 is 1.14 bits per heavy atom. The summed E-state index contributed by atoms with van der Waals surface area (Å²) in [5, 5.41) is 8.93. The highest BCUT2D eigenvalue weighted by molar-refractivity contribution is 5.88. The van der Waals surface area contributed by atoms with Gasteiger partial charge in [-0.3, -0.25) is 0 Å². The van der Waals surface area contributed by atoms with Gasteiger partial charge < -0.3 is 14.6 Å². The molecule has 0 heterocycles. The second kappa shape index (κ2) is 6.21. The van der Waals surface area contributed by atoms with Crippen molar-refractivity contribution in [2.75, 3.05) is 7.11 Å². The van der Waals surface area contributed by atoms with E-state index in [9.17, 15) is 13.6 Å². The van der Waals surface area contributed by atoms with Crippen molar-refractivity contribution in [2.24, 2.45) is 0 Å². The van der Waals surface area contributed by atoms with E-state index in [2.05, 4.69) is 0 Å². The number of aromatic carboxylic acids is 1. The van der Waals surface area contributed by atoms with Gasteiger partial charge in [-0.1, -0.05) is 6.07 Å². The summed E-state index contributed by atoms with van der Waals surface area (Å²) in [7, 11) is 1.38. The molecule has 0 atom stereocenters. The van der Waals surface area contributed by atoms with E-state index in [-0.39, 0.29) is 29.2 Å². The molecule has 0 aromatic heterocycles. The van der Waals surface area contributed by atoms with Crippen LogP contribution in [0.4, 0.5) is 8.78 Å². The number of rotatable bonds is 5. The van der Waals surface area contributed by atoms with Crippen LogP contribution in [0.2, 0.25) is 0 Å². The summed E-state index contributed by atoms with van der Waals surface area (Å²) in [5.41, 5.74) is -0.250. The highest BCUT2D eigenvalue weighted by Gasteiger charge is 2.13. The number of ether oxygens (including phenoxy) is 2. The van der Waals surface area contributed by atoms with E-state index >= 15 is 0 Å². The summed E-state index contributed by atoms with van der Waals surface area (Å²) < 4.78 is 37.3. The highest BCUT2D eigenvalue weighted by atomic mass is 19.1. The lowest BCUT2D eigenvalue weighted by atomic mass is 10.2. The Hall–Kier alpha value is -2.63. The Morgan fingerprint density at radius 3 is 2.38 bits per heavy atom. The summed E-state index contributed by atoms with van der Waals surface area (Å²) in [5.74, 6) is -2.23. The van der Waals surface area contributed by atoms with Crippen LogP contribution in [0.5, 0.6) is 11.5 Å². The average molecular weight is 294 g/mol. The maximum Gasteiger partial charge on any atom is 0.335 e. The second-order valence-corrected chi connectivity index (χ2v) is 4.16. The molecule has 1 N–H and O–H groups in total. The van der Waals surface area contributed by atoms with Crippen molar-refractivity contribution in [2.45, 2.75) is 6.61 Å². The minimum atomic E-state index is -1.14. The zero-order valence-electron chi connectivity index (χ0n) is 11.1. The van der Waals surface area contributed by atoms with Gasteiger partial charge in [-0.25, -0.2) is 13.6 Å². The molecular weight excluding hydrogens is 282 g/mol. The molecule has 0 aliphatic rings. The maximum absolute atomic E-state index is 13.5. The number of hydrogen-bond donors (Lipinski definition) is 1. The van der Waals surface area contributed by atoms with Gasteiger partial charge in [-0.2, -0.15) is 0 Å². The normalized spacial score (nSPS) is 10.2. The molecule has 0 bridgehead atoms. The number of carbonyl (C=O) groups is 1. The van der Waals surface area contributed by atoms with Crippen molar-refractivity contribution < 1.29 is 28.2 Å². The second-order valence-electron chi connectivity index (χ2n) is 4.16. The molecule has 6 heteroatoms. The summed E-state index contributed by atoms with van der Waals surface area (Å²) in [4.78, 5) is 10.9. The molecule has 0 unspecified atom stereocenters. The summed E-state index contributed by atoms with van der Waals surface area (Å²) >= 11 is 0. The molecule has 110 valence electrons. The molecule has 0 saturated carbocycles. The molecule has 0 saturated heterocycles. The monoisotopic (exact) mass is 294 g/mol. The lowest BCUT2D eigenvalue weighted by molar-refractivity contribution is 0.0696. The Kier molecular flexibility index (Phi) is 4.37. The summed E-state index contributed by atoms with van der Waals surface area (Å²) in [6, 6.07) is 7.48. The van der Waals surface area contributed by atoms with Gasteiger partial charge in [0.1, 0.15) is 18.2 Å². The van der Waals surface area contributed by atoms with E-state index in [1.54, 1.807) is 0 Å². The number of hydrogen-bond acceptors (Lipinski definition) is 3. The number of benzene rings is 2. The van der Waals surface area contributed by atoms with Crippen LogP contribution in [-0.4, -0.2) is 18.2 Å². The van der Waals surface area contributed by atoms with Gasteiger partial charge in [-0.15, -0.1) is 0 Å². The van der Waals surface area contributed by atoms with E-state index in [0.717, 1.165) is 12.1 Å². The van der Waals surface area contributed by atoms with Gasteiger partial charge in [0.25, 0.3) is 0 Å². The first-order valence-electron chi connectivity index (χ1n) is 6.00. The fourth-order valence-corrected chi connectivity index (χ4v) is 1.74. The SMILES string of the molecule is COc1ccc(C(=O)O)cc1OCc1c(F)cccc1F. The minimum Gasteiger partial charge on any atom is -0.493 e. The van der Waals surface area contributed by atoms with Crippen LogP contribution < -0.4 is 9.47 Å². The molecule has 0 radical (unpaired) electrons. The van der Waals surface area contributed by atoms with Gasteiger partial charge in [0.2, 0.25) is 0 Å². The molecule has 2 rings (SSSR count). The predicted octanol–water partition coefficient (Wildman–Crippen LogP) is 3.25. The lowest BCUT2D eigenvalue weighted by Crippen LogP contribution is -2.04. The Bertz CT molecular complexity index is 650. The van der Waals surface area contributed by atoms with Crippen LogP contribution >= 0.6 is 0 Å². The van der Waals surface area contributed by atoms with Crippen LogP contribution in [0.1, 0.15) is 15.9 Å². The first kappa shape index (κ1) is 14.8. The van der Waals surface area contributed by atoms with Gasteiger partial charge >= 0.3 is 5.97 Å². The van der Waals surface area contributed by atoms with E-state index in [0.29, 0.717) is 0 Å². The fraction of sp³-hybridized carbons (Fsp3) is 0.133. The molecule has 21 heavy (non-hydrogen) atoms. The molecule has 0 aliphatic heterocycles. The number of halogens is 2. The van der Waals surface area contributed by atoms with Gasteiger partial charge in [0.15, 0.2) is 11.5 Å². The van der Waals surface area contributed by atoms with Crippen LogP contribution in [0.25, 0.3) is 0 Å². The Labute approximate surface area is 119 Å². The third-order valence-electron chi connectivity index (χ3n) is 2.84. The minimum absolute atomic E-state index is 0.0141. The zero-order chi connectivity index (χ0) is 15.4. The van der Waals surface area contributed by atoms with Crippen LogP contribution in [0, 0.1) is 11.6 Å². The third kappa shape index (κ3) is 3.28. The number of carboxylic acid groups (broad SMARTS) is 1. The van der Waals surface area contributed by atoms with Crippen molar-refractivity contribution in [3.8, 4) is 11.5 Å². The first-order chi connectivity index (χ1) is 10.0. The lowest BCUT2D eigenvalue weighted by Gasteiger charge is -2.12. The maximum atomic E-state index is 13.5. The first-order valence-corrected chi connectivity index (χ1v) is 6.00. The molecule has 2 aromatic carbocycles. The zero-order valence-corrected chi connectivity index (χ0v) is 11.1. The quantitative estimate of drug-likeness (QED) is 0.919. The average Bonchev–Trinajstić information content (AvgIpc) is 2.46. The predicted molar refractivity (Wildman–Crippen MR) is 70.6 cm³/mol. The van der Waals surface area contributed by atoms with E-state index in [1.807, 2.05) is 0 Å². The fourth-order valence-electron chi connectivity index (χ4n) is 1.74. The standard InChI is InChI=1S/C15H12F2O4/c1-20-13-6-5-9(15(18)19)7-14(13)21-8-10-11(16)3-2-4-12(10)17/h2-7H,8H2,1H3,(H,18,19). The molecule has 0 fully saturated rings. The van der Waals surface area contributed by atoms with Crippen molar-refractivity contribution in [3.05, 3.63) is 59.2 Å². The molecule has 2 aromatic rings. The third-order valence-corrected chi connectivity index (χ3v) is 2.84. The highest BCUT2D eigenvalue weighted by Crippen LogP contribution is 2.29. The smallest absolute Gasteiger partial charge is 0.335 e. The number of carboxylic acids is 1. The molecule has 4 nitrogen and oxygen atoms in total. The van der Waals surface area contributed by atoms with Crippen molar-refractivity contribution in [3.63, 3.8) is 0 Å². The van der Waals surface area contributed by atoms with Crippen LogP contribution in [-0.2, 0) is 6.61 Å². The number of methoxy groups -OCH3 is 1. The van der Waals surface area contributed by atoms with Crippen molar-refractivity contribution >= 4 is 5.97 Å². The van der Waals surface area contributed by atoms with Gasteiger partial charge in [-0.05, 0) is 30.3 Å². The largest absolute Gasteiger partial charge is 0.493 e. The van der Waals surface area contributed by atoms with Crippen LogP contribution in [0.15, 0.2) is 36.4 Å².